The molecule has 6 nitrogen and oxygen atoms in total. The van der Waals surface area contributed by atoms with Crippen molar-refractivity contribution in [3.05, 3.63) is 60.2 Å². The standard InChI is InChI=1S/C20H22N2O4/c1-25-17-8-3-15(4-9-17)5-12-19(23)21-14-13-20(24)22-16-6-10-18(26-2)11-7-16/h3-12H,13-14H2,1-2H3,(H,21,23)(H,22,24)/b12-5+. The zero-order chi connectivity index (χ0) is 18.8. The highest BCUT2D eigenvalue weighted by molar-refractivity contribution is 5.93. The summed E-state index contributed by atoms with van der Waals surface area (Å²) in [5.74, 6) is 1.06. The van der Waals surface area contributed by atoms with E-state index in [-0.39, 0.29) is 24.8 Å². The van der Waals surface area contributed by atoms with Crippen molar-refractivity contribution in [3.63, 3.8) is 0 Å². The molecular weight excluding hydrogens is 332 g/mol. The molecule has 0 atom stereocenters. The van der Waals surface area contributed by atoms with Crippen molar-refractivity contribution >= 4 is 23.6 Å². The predicted octanol–water partition coefficient (Wildman–Crippen LogP) is 2.86. The van der Waals surface area contributed by atoms with Gasteiger partial charge in [-0.1, -0.05) is 12.1 Å². The second-order valence-electron chi connectivity index (χ2n) is 5.42. The molecule has 0 bridgehead atoms. The van der Waals surface area contributed by atoms with E-state index in [1.54, 1.807) is 44.6 Å². The van der Waals surface area contributed by atoms with Crippen molar-refractivity contribution in [3.8, 4) is 11.5 Å². The van der Waals surface area contributed by atoms with Gasteiger partial charge in [0.1, 0.15) is 11.5 Å². The minimum atomic E-state index is -0.252. The van der Waals surface area contributed by atoms with Crippen molar-refractivity contribution < 1.29 is 19.1 Å². The van der Waals surface area contributed by atoms with Gasteiger partial charge in [0.2, 0.25) is 11.8 Å². The van der Waals surface area contributed by atoms with Crippen LogP contribution >= 0.6 is 0 Å². The third-order valence-electron chi connectivity index (χ3n) is 3.57. The van der Waals surface area contributed by atoms with E-state index in [2.05, 4.69) is 10.6 Å². The molecule has 0 spiro atoms. The van der Waals surface area contributed by atoms with Crippen molar-refractivity contribution in [1.29, 1.82) is 0 Å². The minimum Gasteiger partial charge on any atom is -0.497 e. The number of benzene rings is 2. The van der Waals surface area contributed by atoms with Crippen LogP contribution in [-0.4, -0.2) is 32.6 Å². The maximum Gasteiger partial charge on any atom is 0.244 e. The first-order chi connectivity index (χ1) is 12.6. The normalized spacial score (nSPS) is 10.4. The molecule has 2 amide bonds. The second kappa shape index (κ2) is 9.88. The average Bonchev–Trinajstić information content (AvgIpc) is 2.67. The number of anilines is 1. The van der Waals surface area contributed by atoms with Crippen molar-refractivity contribution in [2.45, 2.75) is 6.42 Å². The van der Waals surface area contributed by atoms with Crippen LogP contribution in [0.1, 0.15) is 12.0 Å². The highest BCUT2D eigenvalue weighted by Crippen LogP contribution is 2.15. The lowest BCUT2D eigenvalue weighted by Crippen LogP contribution is -2.26. The number of ether oxygens (including phenoxy) is 2. The lowest BCUT2D eigenvalue weighted by Gasteiger charge is -2.06. The van der Waals surface area contributed by atoms with Crippen LogP contribution < -0.4 is 20.1 Å². The molecule has 2 rings (SSSR count). The third kappa shape index (κ3) is 6.32. The zero-order valence-corrected chi connectivity index (χ0v) is 14.8. The summed E-state index contributed by atoms with van der Waals surface area (Å²) in [5, 5.41) is 5.44. The molecule has 0 fully saturated rings. The Morgan fingerprint density at radius 1 is 0.923 bits per heavy atom. The molecule has 0 aromatic heterocycles. The molecule has 2 aromatic rings. The monoisotopic (exact) mass is 354 g/mol. The SMILES string of the molecule is COc1ccc(/C=C/C(=O)NCCC(=O)Nc2ccc(OC)cc2)cc1. The molecule has 6 heteroatoms. The van der Waals surface area contributed by atoms with Crippen molar-refractivity contribution in [2.24, 2.45) is 0 Å². The summed E-state index contributed by atoms with van der Waals surface area (Å²) >= 11 is 0. The quantitative estimate of drug-likeness (QED) is 0.715. The van der Waals surface area contributed by atoms with Crippen LogP contribution in [-0.2, 0) is 9.59 Å². The van der Waals surface area contributed by atoms with Gasteiger partial charge in [-0.2, -0.15) is 0 Å². The van der Waals surface area contributed by atoms with E-state index < -0.39 is 0 Å². The Balaban J connectivity index is 1.71. The average molecular weight is 354 g/mol. The Labute approximate surface area is 152 Å². The van der Waals surface area contributed by atoms with E-state index in [0.29, 0.717) is 5.69 Å². The molecule has 0 radical (unpaired) electrons. The van der Waals surface area contributed by atoms with E-state index in [4.69, 9.17) is 9.47 Å². The fraction of sp³-hybridized carbons (Fsp3) is 0.200. The Morgan fingerprint density at radius 3 is 2.08 bits per heavy atom. The lowest BCUT2D eigenvalue weighted by molar-refractivity contribution is -0.117. The number of amides is 2. The molecule has 0 heterocycles. The van der Waals surface area contributed by atoms with Gasteiger partial charge in [-0.25, -0.2) is 0 Å². The maximum absolute atomic E-state index is 11.9. The molecule has 0 aliphatic carbocycles. The maximum atomic E-state index is 11.9. The summed E-state index contributed by atoms with van der Waals surface area (Å²) in [4.78, 5) is 23.6. The Hall–Kier alpha value is -3.28. The lowest BCUT2D eigenvalue weighted by atomic mass is 10.2. The molecule has 0 saturated heterocycles. The van der Waals surface area contributed by atoms with Crippen LogP contribution in [0.2, 0.25) is 0 Å². The zero-order valence-electron chi connectivity index (χ0n) is 14.8. The minimum absolute atomic E-state index is 0.172. The molecule has 0 aliphatic rings. The van der Waals surface area contributed by atoms with Gasteiger partial charge in [-0.15, -0.1) is 0 Å². The number of hydrogen-bond donors (Lipinski definition) is 2. The fourth-order valence-electron chi connectivity index (χ4n) is 2.14. The molecule has 0 saturated carbocycles. The molecule has 26 heavy (non-hydrogen) atoms. The molecule has 2 N–H and O–H groups in total. The highest BCUT2D eigenvalue weighted by Gasteiger charge is 2.03. The number of hydrogen-bond acceptors (Lipinski definition) is 4. The highest BCUT2D eigenvalue weighted by atomic mass is 16.5. The smallest absolute Gasteiger partial charge is 0.244 e. The van der Waals surface area contributed by atoms with Gasteiger partial charge in [-0.3, -0.25) is 9.59 Å². The second-order valence-corrected chi connectivity index (χ2v) is 5.42. The molecule has 0 aliphatic heterocycles. The molecule has 0 unspecified atom stereocenters. The summed E-state index contributed by atoms with van der Waals surface area (Å²) in [7, 11) is 3.18. The predicted molar refractivity (Wildman–Crippen MR) is 101 cm³/mol. The summed E-state index contributed by atoms with van der Waals surface area (Å²) in [6, 6.07) is 14.4. The van der Waals surface area contributed by atoms with E-state index in [9.17, 15) is 9.59 Å². The van der Waals surface area contributed by atoms with Crippen LogP contribution in [0.15, 0.2) is 54.6 Å². The number of carbonyl (C=O) groups is 2. The fourth-order valence-corrected chi connectivity index (χ4v) is 2.14. The molecular formula is C20H22N2O4. The van der Waals surface area contributed by atoms with Gasteiger partial charge in [0.15, 0.2) is 0 Å². The first kappa shape index (κ1) is 19.1. The number of rotatable bonds is 8. The van der Waals surface area contributed by atoms with Crippen LogP contribution in [0.25, 0.3) is 6.08 Å². The van der Waals surface area contributed by atoms with Crippen LogP contribution in [0.4, 0.5) is 5.69 Å². The van der Waals surface area contributed by atoms with E-state index in [0.717, 1.165) is 17.1 Å². The van der Waals surface area contributed by atoms with E-state index in [1.165, 1.54) is 6.08 Å². The van der Waals surface area contributed by atoms with Crippen LogP contribution in [0.3, 0.4) is 0 Å². The van der Waals surface area contributed by atoms with Crippen molar-refractivity contribution in [1.82, 2.24) is 5.32 Å². The largest absolute Gasteiger partial charge is 0.497 e. The summed E-state index contributed by atoms with van der Waals surface area (Å²) in [6.45, 7) is 0.258. The number of methoxy groups -OCH3 is 2. The third-order valence-corrected chi connectivity index (χ3v) is 3.57. The molecule has 136 valence electrons. The first-order valence-corrected chi connectivity index (χ1v) is 8.14. The molecule has 2 aromatic carbocycles. The van der Waals surface area contributed by atoms with Gasteiger partial charge in [0, 0.05) is 24.7 Å². The Bertz CT molecular complexity index is 752. The van der Waals surface area contributed by atoms with Gasteiger partial charge < -0.3 is 20.1 Å². The van der Waals surface area contributed by atoms with Gasteiger partial charge >= 0.3 is 0 Å². The number of nitrogens with one attached hydrogen (secondary N) is 2. The topological polar surface area (TPSA) is 76.7 Å². The van der Waals surface area contributed by atoms with Crippen LogP contribution in [0, 0.1) is 0 Å². The Kier molecular flexibility index (Phi) is 7.24. The summed E-state index contributed by atoms with van der Waals surface area (Å²) in [5.41, 5.74) is 1.57. The van der Waals surface area contributed by atoms with Crippen LogP contribution in [0.5, 0.6) is 11.5 Å². The number of carbonyl (C=O) groups excluding carboxylic acids is 2. The van der Waals surface area contributed by atoms with Crippen molar-refractivity contribution in [2.75, 3.05) is 26.1 Å². The van der Waals surface area contributed by atoms with Gasteiger partial charge in [-0.05, 0) is 48.0 Å². The van der Waals surface area contributed by atoms with Gasteiger partial charge in [0.05, 0.1) is 14.2 Å². The first-order valence-electron chi connectivity index (χ1n) is 8.14. The summed E-state index contributed by atoms with van der Waals surface area (Å²) in [6.07, 6.45) is 3.32. The van der Waals surface area contributed by atoms with E-state index in [1.807, 2.05) is 24.3 Å². The summed E-state index contributed by atoms with van der Waals surface area (Å²) < 4.78 is 10.1. The van der Waals surface area contributed by atoms with Gasteiger partial charge in [0.25, 0.3) is 0 Å². The van der Waals surface area contributed by atoms with E-state index >= 15 is 0 Å². The Morgan fingerprint density at radius 2 is 1.50 bits per heavy atom.